The molecule has 0 radical (unpaired) electrons. The summed E-state index contributed by atoms with van der Waals surface area (Å²) in [5.41, 5.74) is 3.32. The minimum atomic E-state index is 0.510. The number of hydrogen-bond acceptors (Lipinski definition) is 3. The monoisotopic (exact) mass is 275 g/mol. The summed E-state index contributed by atoms with van der Waals surface area (Å²) < 4.78 is 0. The van der Waals surface area contributed by atoms with Crippen molar-refractivity contribution in [3.05, 3.63) is 53.5 Å². The van der Waals surface area contributed by atoms with E-state index in [1.807, 2.05) is 37.5 Å². The van der Waals surface area contributed by atoms with Gasteiger partial charge >= 0.3 is 0 Å². The minimum Gasteiger partial charge on any atom is -0.353 e. The van der Waals surface area contributed by atoms with Crippen LogP contribution < -0.4 is 4.90 Å². The summed E-state index contributed by atoms with van der Waals surface area (Å²) in [6.07, 6.45) is 3.64. The average molecular weight is 276 g/mol. The van der Waals surface area contributed by atoms with Crippen molar-refractivity contribution in [2.75, 3.05) is 11.4 Å². The predicted octanol–water partition coefficient (Wildman–Crippen LogP) is 3.55. The molecule has 0 aliphatic carbocycles. The van der Waals surface area contributed by atoms with Crippen molar-refractivity contribution in [2.24, 2.45) is 0 Å². The molecule has 0 atom stereocenters. The summed E-state index contributed by atoms with van der Waals surface area (Å²) in [6, 6.07) is 8.15. The molecule has 0 bridgehead atoms. The van der Waals surface area contributed by atoms with Crippen molar-refractivity contribution in [3.8, 4) is 0 Å². The molecule has 0 saturated heterocycles. The van der Waals surface area contributed by atoms with Crippen LogP contribution in [0.15, 0.2) is 36.7 Å². The topological polar surface area (TPSA) is 29.0 Å². The fourth-order valence-electron chi connectivity index (χ4n) is 1.96. The Morgan fingerprint density at radius 3 is 2.47 bits per heavy atom. The number of rotatable bonds is 5. The molecule has 0 spiro atoms. The standard InChI is InChI=1S/C15H18ClN3/c1-3-19(11-13-6-8-17-9-7-13)15-5-4-14(10-16)12(2)18-15/h4-9H,3,10-11H2,1-2H3. The molecule has 100 valence electrons. The average Bonchev–Trinajstić information content (AvgIpc) is 2.46. The van der Waals surface area contributed by atoms with E-state index in [4.69, 9.17) is 11.6 Å². The predicted molar refractivity (Wildman–Crippen MR) is 79.5 cm³/mol. The molecule has 0 unspecified atom stereocenters. The molecule has 0 saturated carbocycles. The second kappa shape index (κ2) is 6.53. The van der Waals surface area contributed by atoms with Gasteiger partial charge in [0.2, 0.25) is 0 Å². The first-order valence-electron chi connectivity index (χ1n) is 6.41. The van der Waals surface area contributed by atoms with E-state index < -0.39 is 0 Å². The molecule has 4 heteroatoms. The molecule has 2 aromatic rings. The highest BCUT2D eigenvalue weighted by Crippen LogP contribution is 2.18. The summed E-state index contributed by atoms with van der Waals surface area (Å²) >= 11 is 5.87. The van der Waals surface area contributed by atoms with Crippen molar-refractivity contribution in [3.63, 3.8) is 0 Å². The quantitative estimate of drug-likeness (QED) is 0.782. The van der Waals surface area contributed by atoms with E-state index in [2.05, 4.69) is 27.9 Å². The van der Waals surface area contributed by atoms with Crippen LogP contribution >= 0.6 is 11.6 Å². The minimum absolute atomic E-state index is 0.510. The number of nitrogens with zero attached hydrogens (tertiary/aromatic N) is 3. The van der Waals surface area contributed by atoms with E-state index in [-0.39, 0.29) is 0 Å². The Morgan fingerprint density at radius 2 is 1.89 bits per heavy atom. The number of aryl methyl sites for hydroxylation is 1. The van der Waals surface area contributed by atoms with Crippen molar-refractivity contribution < 1.29 is 0 Å². The summed E-state index contributed by atoms with van der Waals surface area (Å²) in [5.74, 6) is 1.50. The van der Waals surface area contributed by atoms with Gasteiger partial charge in [-0.25, -0.2) is 4.98 Å². The molecule has 0 N–H and O–H groups in total. The summed E-state index contributed by atoms with van der Waals surface area (Å²) in [6.45, 7) is 5.88. The molecular formula is C15H18ClN3. The zero-order valence-corrected chi connectivity index (χ0v) is 12.1. The molecule has 0 aliphatic heterocycles. The SMILES string of the molecule is CCN(Cc1ccncc1)c1ccc(CCl)c(C)n1. The maximum atomic E-state index is 5.87. The highest BCUT2D eigenvalue weighted by atomic mass is 35.5. The zero-order chi connectivity index (χ0) is 13.7. The number of anilines is 1. The Balaban J connectivity index is 2.20. The first-order valence-corrected chi connectivity index (χ1v) is 6.94. The molecule has 0 aromatic carbocycles. The zero-order valence-electron chi connectivity index (χ0n) is 11.3. The Morgan fingerprint density at radius 1 is 1.16 bits per heavy atom. The summed E-state index contributed by atoms with van der Waals surface area (Å²) in [5, 5.41) is 0. The highest BCUT2D eigenvalue weighted by Gasteiger charge is 2.08. The lowest BCUT2D eigenvalue weighted by Gasteiger charge is -2.22. The van der Waals surface area contributed by atoms with Crippen LogP contribution in [0.3, 0.4) is 0 Å². The molecule has 2 heterocycles. The molecule has 19 heavy (non-hydrogen) atoms. The molecule has 0 aliphatic rings. The van der Waals surface area contributed by atoms with Crippen LogP contribution in [0, 0.1) is 6.92 Å². The largest absolute Gasteiger partial charge is 0.353 e. The van der Waals surface area contributed by atoms with E-state index in [0.29, 0.717) is 5.88 Å². The van der Waals surface area contributed by atoms with Gasteiger partial charge in [0.15, 0.2) is 0 Å². The highest BCUT2D eigenvalue weighted by molar-refractivity contribution is 6.17. The summed E-state index contributed by atoms with van der Waals surface area (Å²) in [7, 11) is 0. The molecule has 2 rings (SSSR count). The Kier molecular flexibility index (Phi) is 4.74. The van der Waals surface area contributed by atoms with Gasteiger partial charge in [-0.2, -0.15) is 0 Å². The third-order valence-corrected chi connectivity index (χ3v) is 3.44. The first kappa shape index (κ1) is 13.8. The smallest absolute Gasteiger partial charge is 0.129 e. The van der Waals surface area contributed by atoms with Crippen molar-refractivity contribution in [1.82, 2.24) is 9.97 Å². The van der Waals surface area contributed by atoms with Crippen LogP contribution in [0.25, 0.3) is 0 Å². The van der Waals surface area contributed by atoms with Gasteiger partial charge in [0, 0.05) is 37.1 Å². The van der Waals surface area contributed by atoms with Gasteiger partial charge in [-0.15, -0.1) is 11.6 Å². The van der Waals surface area contributed by atoms with Gasteiger partial charge in [-0.1, -0.05) is 6.07 Å². The number of aromatic nitrogens is 2. The van der Waals surface area contributed by atoms with Crippen LogP contribution in [-0.4, -0.2) is 16.5 Å². The Labute approximate surface area is 119 Å². The van der Waals surface area contributed by atoms with E-state index in [1.165, 1.54) is 5.56 Å². The van der Waals surface area contributed by atoms with Crippen molar-refractivity contribution in [1.29, 1.82) is 0 Å². The normalized spacial score (nSPS) is 10.5. The summed E-state index contributed by atoms with van der Waals surface area (Å²) in [4.78, 5) is 10.9. The lowest BCUT2D eigenvalue weighted by molar-refractivity contribution is 0.808. The lowest BCUT2D eigenvalue weighted by atomic mass is 10.2. The van der Waals surface area contributed by atoms with Crippen LogP contribution in [0.5, 0.6) is 0 Å². The van der Waals surface area contributed by atoms with Crippen LogP contribution in [-0.2, 0) is 12.4 Å². The van der Waals surface area contributed by atoms with Crippen LogP contribution in [0.2, 0.25) is 0 Å². The maximum Gasteiger partial charge on any atom is 0.129 e. The second-order valence-corrected chi connectivity index (χ2v) is 4.68. The molecule has 2 aromatic heterocycles. The van der Waals surface area contributed by atoms with Crippen molar-refractivity contribution in [2.45, 2.75) is 26.3 Å². The Hall–Kier alpha value is -1.61. The fourth-order valence-corrected chi connectivity index (χ4v) is 2.24. The molecule has 0 fully saturated rings. The van der Waals surface area contributed by atoms with Gasteiger partial charge < -0.3 is 4.90 Å². The molecular weight excluding hydrogens is 258 g/mol. The fraction of sp³-hybridized carbons (Fsp3) is 0.333. The number of halogens is 1. The number of alkyl halides is 1. The maximum absolute atomic E-state index is 5.87. The third kappa shape index (κ3) is 3.44. The Bertz CT molecular complexity index is 528. The van der Waals surface area contributed by atoms with Gasteiger partial charge in [-0.05, 0) is 43.2 Å². The molecule has 0 amide bonds. The van der Waals surface area contributed by atoms with Gasteiger partial charge in [0.05, 0.1) is 0 Å². The van der Waals surface area contributed by atoms with Gasteiger partial charge in [0.25, 0.3) is 0 Å². The van der Waals surface area contributed by atoms with E-state index in [1.54, 1.807) is 0 Å². The van der Waals surface area contributed by atoms with Gasteiger partial charge in [-0.3, -0.25) is 4.98 Å². The van der Waals surface area contributed by atoms with E-state index in [9.17, 15) is 0 Å². The number of pyridine rings is 2. The van der Waals surface area contributed by atoms with Crippen LogP contribution in [0.1, 0.15) is 23.7 Å². The lowest BCUT2D eigenvalue weighted by Crippen LogP contribution is -2.23. The number of hydrogen-bond donors (Lipinski definition) is 0. The van der Waals surface area contributed by atoms with Gasteiger partial charge in [0.1, 0.15) is 5.82 Å². The first-order chi connectivity index (χ1) is 9.24. The molecule has 3 nitrogen and oxygen atoms in total. The van der Waals surface area contributed by atoms with Crippen molar-refractivity contribution >= 4 is 17.4 Å². The second-order valence-electron chi connectivity index (χ2n) is 4.42. The third-order valence-electron chi connectivity index (χ3n) is 3.15. The van der Waals surface area contributed by atoms with Crippen LogP contribution in [0.4, 0.5) is 5.82 Å². The van der Waals surface area contributed by atoms with E-state index >= 15 is 0 Å². The van der Waals surface area contributed by atoms with E-state index in [0.717, 1.165) is 30.2 Å².